The van der Waals surface area contributed by atoms with Crippen LogP contribution in [-0.2, 0) is 4.79 Å². The van der Waals surface area contributed by atoms with Crippen molar-refractivity contribution < 1.29 is 9.72 Å². The van der Waals surface area contributed by atoms with Crippen molar-refractivity contribution in [1.29, 1.82) is 0 Å². The Morgan fingerprint density at radius 2 is 1.88 bits per heavy atom. The lowest BCUT2D eigenvalue weighted by atomic mass is 10.1. The van der Waals surface area contributed by atoms with Crippen molar-refractivity contribution in [2.75, 3.05) is 17.2 Å². The van der Waals surface area contributed by atoms with E-state index in [1.54, 1.807) is 42.7 Å². The van der Waals surface area contributed by atoms with E-state index in [0.717, 1.165) is 5.69 Å². The fraction of sp³-hybridized carbons (Fsp3) is 0.214. The smallest absolute Gasteiger partial charge is 0.252 e. The third-order valence-electron chi connectivity index (χ3n) is 3.48. The highest BCUT2D eigenvalue weighted by Crippen LogP contribution is 2.17. The summed E-state index contributed by atoms with van der Waals surface area (Å²) in [6.45, 7) is 0.102. The number of benzene rings is 1. The number of hydrogen-bond donors (Lipinski definition) is 4. The highest BCUT2D eigenvalue weighted by molar-refractivity contribution is 5.95. The van der Waals surface area contributed by atoms with Gasteiger partial charge in [-0.05, 0) is 30.3 Å². The summed E-state index contributed by atoms with van der Waals surface area (Å²) in [6.07, 6.45) is 3.25. The van der Waals surface area contributed by atoms with E-state index in [1.807, 2.05) is 0 Å². The standard InChI is InChI=1S/C14H15N7O3/c22-13(12-11(21(23)24)8-17-20-12)18-9-2-4-10(5-3-9)19-14-15-6-1-7-16-14/h1-7,11-12,17,20H,8H2,(H,18,22)(H,15,16,19). The number of aromatic nitrogens is 2. The third kappa shape index (κ3) is 3.62. The Labute approximate surface area is 136 Å². The van der Waals surface area contributed by atoms with E-state index in [1.165, 1.54) is 0 Å². The first-order valence-electron chi connectivity index (χ1n) is 7.20. The van der Waals surface area contributed by atoms with Crippen molar-refractivity contribution in [3.63, 3.8) is 0 Å². The van der Waals surface area contributed by atoms with Gasteiger partial charge in [-0.2, -0.15) is 0 Å². The summed E-state index contributed by atoms with van der Waals surface area (Å²) in [4.78, 5) is 30.7. The number of amides is 1. The van der Waals surface area contributed by atoms with Gasteiger partial charge in [-0.25, -0.2) is 20.8 Å². The van der Waals surface area contributed by atoms with Gasteiger partial charge in [-0.15, -0.1) is 0 Å². The molecule has 1 aliphatic rings. The Balaban J connectivity index is 1.62. The minimum absolute atomic E-state index is 0.102. The van der Waals surface area contributed by atoms with Crippen molar-refractivity contribution in [3.05, 3.63) is 52.8 Å². The molecule has 10 heteroatoms. The molecule has 1 aromatic carbocycles. The highest BCUT2D eigenvalue weighted by atomic mass is 16.6. The number of rotatable bonds is 5. The van der Waals surface area contributed by atoms with E-state index in [-0.39, 0.29) is 6.54 Å². The molecule has 124 valence electrons. The summed E-state index contributed by atoms with van der Waals surface area (Å²) < 4.78 is 0. The molecule has 0 bridgehead atoms. The van der Waals surface area contributed by atoms with Crippen LogP contribution in [0.5, 0.6) is 0 Å². The van der Waals surface area contributed by atoms with E-state index in [2.05, 4.69) is 31.5 Å². The molecular weight excluding hydrogens is 314 g/mol. The van der Waals surface area contributed by atoms with Crippen LogP contribution in [0, 0.1) is 10.1 Å². The van der Waals surface area contributed by atoms with Crippen molar-refractivity contribution in [2.24, 2.45) is 0 Å². The zero-order chi connectivity index (χ0) is 16.9. The van der Waals surface area contributed by atoms with Gasteiger partial charge in [0, 0.05) is 28.7 Å². The molecule has 2 atom stereocenters. The van der Waals surface area contributed by atoms with E-state index in [0.29, 0.717) is 11.6 Å². The zero-order valence-electron chi connectivity index (χ0n) is 12.5. The molecule has 2 heterocycles. The van der Waals surface area contributed by atoms with Crippen LogP contribution in [0.4, 0.5) is 17.3 Å². The Morgan fingerprint density at radius 3 is 2.54 bits per heavy atom. The molecule has 0 saturated carbocycles. The van der Waals surface area contributed by atoms with Crippen LogP contribution in [0.3, 0.4) is 0 Å². The van der Waals surface area contributed by atoms with Crippen LogP contribution in [0.2, 0.25) is 0 Å². The maximum Gasteiger partial charge on any atom is 0.252 e. The maximum absolute atomic E-state index is 12.2. The third-order valence-corrected chi connectivity index (χ3v) is 3.48. The molecule has 2 aromatic rings. The molecule has 1 aromatic heterocycles. The van der Waals surface area contributed by atoms with Gasteiger partial charge < -0.3 is 10.6 Å². The minimum atomic E-state index is -0.999. The first-order chi connectivity index (χ1) is 11.6. The number of nitro groups is 1. The van der Waals surface area contributed by atoms with Crippen LogP contribution >= 0.6 is 0 Å². The fourth-order valence-corrected chi connectivity index (χ4v) is 2.27. The summed E-state index contributed by atoms with van der Waals surface area (Å²) in [6, 6.07) is 6.67. The molecule has 24 heavy (non-hydrogen) atoms. The summed E-state index contributed by atoms with van der Waals surface area (Å²) in [5.41, 5.74) is 6.54. The Hall–Kier alpha value is -3.11. The number of nitrogens with zero attached hydrogens (tertiary/aromatic N) is 3. The van der Waals surface area contributed by atoms with Gasteiger partial charge in [0.2, 0.25) is 11.9 Å². The van der Waals surface area contributed by atoms with Gasteiger partial charge in [0.15, 0.2) is 6.04 Å². The molecule has 3 rings (SSSR count). The number of hydrogen-bond acceptors (Lipinski definition) is 8. The Bertz CT molecular complexity index is 723. The quantitative estimate of drug-likeness (QED) is 0.454. The first kappa shape index (κ1) is 15.8. The first-order valence-corrected chi connectivity index (χ1v) is 7.20. The minimum Gasteiger partial charge on any atom is -0.324 e. The molecule has 0 radical (unpaired) electrons. The lowest BCUT2D eigenvalue weighted by molar-refractivity contribution is -0.517. The molecule has 0 aliphatic carbocycles. The number of nitrogens with one attached hydrogen (secondary N) is 4. The van der Waals surface area contributed by atoms with E-state index in [4.69, 9.17) is 0 Å². The average molecular weight is 329 g/mol. The van der Waals surface area contributed by atoms with Gasteiger partial charge in [-0.3, -0.25) is 14.9 Å². The van der Waals surface area contributed by atoms with Gasteiger partial charge >= 0.3 is 0 Å². The van der Waals surface area contributed by atoms with Crippen LogP contribution < -0.4 is 21.5 Å². The molecule has 1 amide bonds. The van der Waals surface area contributed by atoms with Gasteiger partial charge in [-0.1, -0.05) is 0 Å². The zero-order valence-corrected chi connectivity index (χ0v) is 12.5. The van der Waals surface area contributed by atoms with E-state index < -0.39 is 22.9 Å². The van der Waals surface area contributed by atoms with Crippen molar-refractivity contribution >= 4 is 23.2 Å². The Morgan fingerprint density at radius 1 is 1.21 bits per heavy atom. The van der Waals surface area contributed by atoms with Crippen LogP contribution in [0.15, 0.2) is 42.7 Å². The van der Waals surface area contributed by atoms with E-state index >= 15 is 0 Å². The Kier molecular flexibility index (Phi) is 4.59. The average Bonchev–Trinajstić information content (AvgIpc) is 3.08. The number of hydrazine groups is 1. The molecule has 1 fully saturated rings. The molecule has 0 spiro atoms. The second kappa shape index (κ2) is 6.98. The summed E-state index contributed by atoms with van der Waals surface area (Å²) >= 11 is 0. The largest absolute Gasteiger partial charge is 0.324 e. The summed E-state index contributed by atoms with van der Waals surface area (Å²) in [5, 5.41) is 16.6. The second-order valence-electron chi connectivity index (χ2n) is 5.12. The van der Waals surface area contributed by atoms with Gasteiger partial charge in [0.05, 0.1) is 6.54 Å². The topological polar surface area (TPSA) is 134 Å². The number of carbonyl (C=O) groups excluding carboxylic acids is 1. The predicted molar refractivity (Wildman–Crippen MR) is 86.1 cm³/mol. The van der Waals surface area contributed by atoms with Crippen molar-refractivity contribution in [3.8, 4) is 0 Å². The fourth-order valence-electron chi connectivity index (χ4n) is 2.27. The molecule has 1 saturated heterocycles. The molecule has 4 N–H and O–H groups in total. The maximum atomic E-state index is 12.2. The van der Waals surface area contributed by atoms with E-state index in [9.17, 15) is 14.9 Å². The molecule has 10 nitrogen and oxygen atoms in total. The second-order valence-corrected chi connectivity index (χ2v) is 5.12. The number of anilines is 3. The van der Waals surface area contributed by atoms with Crippen LogP contribution in [-0.4, -0.2) is 39.4 Å². The van der Waals surface area contributed by atoms with Crippen LogP contribution in [0.25, 0.3) is 0 Å². The van der Waals surface area contributed by atoms with Gasteiger partial charge in [0.1, 0.15) is 0 Å². The van der Waals surface area contributed by atoms with Gasteiger partial charge in [0.25, 0.3) is 6.04 Å². The SMILES string of the molecule is O=C(Nc1ccc(Nc2ncccn2)cc1)C1NNCC1[N+](=O)[O-]. The monoisotopic (exact) mass is 329 g/mol. The van der Waals surface area contributed by atoms with Crippen molar-refractivity contribution in [1.82, 2.24) is 20.8 Å². The molecular formula is C14H15N7O3. The summed E-state index contributed by atoms with van der Waals surface area (Å²) in [5.74, 6) is -0.00172. The van der Waals surface area contributed by atoms with Crippen LogP contribution in [0.1, 0.15) is 0 Å². The lowest BCUT2D eigenvalue weighted by Gasteiger charge is -2.13. The predicted octanol–water partition coefficient (Wildman–Crippen LogP) is 0.280. The summed E-state index contributed by atoms with van der Waals surface area (Å²) in [7, 11) is 0. The van der Waals surface area contributed by atoms with Crippen molar-refractivity contribution in [2.45, 2.75) is 12.1 Å². The molecule has 2 unspecified atom stereocenters. The highest BCUT2D eigenvalue weighted by Gasteiger charge is 2.41. The number of carbonyl (C=O) groups is 1. The molecule has 1 aliphatic heterocycles. The lowest BCUT2D eigenvalue weighted by Crippen LogP contribution is -2.46. The normalized spacial score (nSPS) is 19.7.